The predicted molar refractivity (Wildman–Crippen MR) is 71.2 cm³/mol. The Bertz CT molecular complexity index is 457. The molecule has 0 saturated heterocycles. The maximum atomic E-state index is 11.9. The van der Waals surface area contributed by atoms with Gasteiger partial charge in [0.15, 0.2) is 0 Å². The fourth-order valence-corrected chi connectivity index (χ4v) is 3.13. The second kappa shape index (κ2) is 6.05. The molecule has 0 fully saturated rings. The van der Waals surface area contributed by atoms with Gasteiger partial charge in [-0.25, -0.2) is 13.1 Å². The number of hydrogen-bond acceptors (Lipinski definition) is 2. The van der Waals surface area contributed by atoms with Gasteiger partial charge >= 0.3 is 0 Å². The number of alkyl halides is 1. The van der Waals surface area contributed by atoms with Crippen molar-refractivity contribution >= 4 is 33.2 Å². The minimum Gasteiger partial charge on any atom is -0.208 e. The molecule has 3 nitrogen and oxygen atoms in total. The first-order chi connectivity index (χ1) is 7.81. The molecule has 0 radical (unpaired) electrons. The minimum absolute atomic E-state index is 0.0714. The third kappa shape index (κ3) is 4.84. The van der Waals surface area contributed by atoms with Crippen molar-refractivity contribution in [2.24, 2.45) is 0 Å². The molecule has 2 unspecified atom stereocenters. The summed E-state index contributed by atoms with van der Waals surface area (Å²) in [6.07, 6.45) is 0.578. The lowest BCUT2D eigenvalue weighted by Gasteiger charge is -2.15. The second-order valence-corrected chi connectivity index (χ2v) is 6.89. The normalized spacial score (nSPS) is 15.5. The van der Waals surface area contributed by atoms with E-state index in [1.54, 1.807) is 19.1 Å². The number of halogens is 2. The highest BCUT2D eigenvalue weighted by molar-refractivity contribution is 7.89. The smallest absolute Gasteiger partial charge is 0.208 e. The molecule has 0 aliphatic heterocycles. The monoisotopic (exact) mass is 295 g/mol. The molecule has 6 heteroatoms. The van der Waals surface area contributed by atoms with Crippen molar-refractivity contribution in [2.45, 2.75) is 36.6 Å². The molecule has 96 valence electrons. The van der Waals surface area contributed by atoms with E-state index in [0.29, 0.717) is 11.4 Å². The fourth-order valence-electron chi connectivity index (χ4n) is 1.48. The molecule has 0 bridgehead atoms. The summed E-state index contributed by atoms with van der Waals surface area (Å²) < 4.78 is 26.4. The van der Waals surface area contributed by atoms with Crippen molar-refractivity contribution in [2.75, 3.05) is 0 Å². The Morgan fingerprint density at radius 2 is 1.76 bits per heavy atom. The molecular formula is C11H15Cl2NO2S. The van der Waals surface area contributed by atoms with Crippen LogP contribution in [0.1, 0.15) is 20.3 Å². The maximum Gasteiger partial charge on any atom is 0.240 e. The van der Waals surface area contributed by atoms with Gasteiger partial charge in [-0.2, -0.15) is 0 Å². The van der Waals surface area contributed by atoms with Gasteiger partial charge in [-0.1, -0.05) is 11.6 Å². The lowest BCUT2D eigenvalue weighted by atomic mass is 10.2. The molecule has 2 atom stereocenters. The van der Waals surface area contributed by atoms with Gasteiger partial charge in [-0.3, -0.25) is 0 Å². The Morgan fingerprint density at radius 3 is 2.24 bits per heavy atom. The van der Waals surface area contributed by atoms with Crippen molar-refractivity contribution in [1.82, 2.24) is 4.72 Å². The van der Waals surface area contributed by atoms with E-state index in [9.17, 15) is 8.42 Å². The fraction of sp³-hybridized carbons (Fsp3) is 0.455. The van der Waals surface area contributed by atoms with Crippen LogP contribution in [0.15, 0.2) is 29.2 Å². The van der Waals surface area contributed by atoms with Gasteiger partial charge in [-0.15, -0.1) is 11.6 Å². The average molecular weight is 296 g/mol. The number of sulfonamides is 1. The van der Waals surface area contributed by atoms with Crippen LogP contribution < -0.4 is 4.72 Å². The van der Waals surface area contributed by atoms with Crippen LogP contribution in [0.2, 0.25) is 5.02 Å². The van der Waals surface area contributed by atoms with E-state index < -0.39 is 10.0 Å². The molecule has 0 aliphatic rings. The van der Waals surface area contributed by atoms with Crippen LogP contribution >= 0.6 is 23.2 Å². The molecule has 0 aromatic heterocycles. The first-order valence-electron chi connectivity index (χ1n) is 5.23. The molecular weight excluding hydrogens is 281 g/mol. The molecule has 1 aromatic carbocycles. The summed E-state index contributed by atoms with van der Waals surface area (Å²) in [5.74, 6) is 0. The molecule has 0 aliphatic carbocycles. The highest BCUT2D eigenvalue weighted by Gasteiger charge is 2.18. The Morgan fingerprint density at radius 1 is 1.24 bits per heavy atom. The Hall–Kier alpha value is -0.290. The summed E-state index contributed by atoms with van der Waals surface area (Å²) in [7, 11) is -3.49. The Kier molecular flexibility index (Phi) is 5.25. The number of benzene rings is 1. The summed E-state index contributed by atoms with van der Waals surface area (Å²) in [5, 5.41) is 0.435. The quantitative estimate of drug-likeness (QED) is 0.849. The molecule has 1 N–H and O–H groups in total. The van der Waals surface area contributed by atoms with E-state index in [1.807, 2.05) is 6.92 Å². The van der Waals surface area contributed by atoms with Crippen molar-refractivity contribution in [1.29, 1.82) is 0 Å². The average Bonchev–Trinajstić information content (AvgIpc) is 2.15. The third-order valence-corrected chi connectivity index (χ3v) is 4.19. The highest BCUT2D eigenvalue weighted by atomic mass is 35.5. The van der Waals surface area contributed by atoms with E-state index in [0.717, 1.165) is 0 Å². The topological polar surface area (TPSA) is 46.2 Å². The van der Waals surface area contributed by atoms with Crippen LogP contribution in [0.25, 0.3) is 0 Å². The third-order valence-electron chi connectivity index (χ3n) is 2.16. The van der Waals surface area contributed by atoms with Crippen LogP contribution in [0.3, 0.4) is 0 Å². The predicted octanol–water partition coefficient (Wildman–Crippen LogP) is 3.02. The Labute approximate surface area is 112 Å². The van der Waals surface area contributed by atoms with Gasteiger partial charge in [-0.05, 0) is 44.5 Å². The van der Waals surface area contributed by atoms with Crippen LogP contribution in [0.4, 0.5) is 0 Å². The van der Waals surface area contributed by atoms with Gasteiger partial charge in [0, 0.05) is 16.4 Å². The van der Waals surface area contributed by atoms with Gasteiger partial charge in [0.25, 0.3) is 0 Å². The first-order valence-corrected chi connectivity index (χ1v) is 7.53. The summed E-state index contributed by atoms with van der Waals surface area (Å²) in [6, 6.07) is 5.84. The van der Waals surface area contributed by atoms with Crippen LogP contribution in [-0.2, 0) is 10.0 Å². The van der Waals surface area contributed by atoms with E-state index in [1.165, 1.54) is 12.1 Å². The zero-order chi connectivity index (χ0) is 13.1. The van der Waals surface area contributed by atoms with Gasteiger partial charge in [0.1, 0.15) is 0 Å². The number of rotatable bonds is 5. The zero-order valence-electron chi connectivity index (χ0n) is 9.65. The molecule has 17 heavy (non-hydrogen) atoms. The van der Waals surface area contributed by atoms with Gasteiger partial charge in [0.05, 0.1) is 4.90 Å². The number of hydrogen-bond donors (Lipinski definition) is 1. The van der Waals surface area contributed by atoms with Crippen molar-refractivity contribution in [3.05, 3.63) is 29.3 Å². The molecule has 1 rings (SSSR count). The van der Waals surface area contributed by atoms with E-state index in [-0.39, 0.29) is 16.3 Å². The summed E-state index contributed by atoms with van der Waals surface area (Å²) in [5.41, 5.74) is 0. The minimum atomic E-state index is -3.49. The molecule has 0 spiro atoms. The van der Waals surface area contributed by atoms with Crippen LogP contribution in [0.5, 0.6) is 0 Å². The van der Waals surface area contributed by atoms with Crippen molar-refractivity contribution in [3.8, 4) is 0 Å². The standard InChI is InChI=1S/C11H15Cl2NO2S/c1-8(12)7-9(2)14-17(15,16)11-5-3-10(13)4-6-11/h3-6,8-9,14H,7H2,1-2H3. The van der Waals surface area contributed by atoms with Crippen LogP contribution in [0, 0.1) is 0 Å². The lowest BCUT2D eigenvalue weighted by molar-refractivity contribution is 0.545. The molecule has 0 amide bonds. The number of nitrogens with one attached hydrogen (secondary N) is 1. The highest BCUT2D eigenvalue weighted by Crippen LogP contribution is 2.15. The lowest BCUT2D eigenvalue weighted by Crippen LogP contribution is -2.33. The largest absolute Gasteiger partial charge is 0.240 e. The molecule has 0 saturated carbocycles. The van der Waals surface area contributed by atoms with E-state index in [2.05, 4.69) is 4.72 Å². The van der Waals surface area contributed by atoms with E-state index in [4.69, 9.17) is 23.2 Å². The van der Waals surface area contributed by atoms with Crippen LogP contribution in [-0.4, -0.2) is 19.8 Å². The molecule has 1 aromatic rings. The summed E-state index contributed by atoms with van der Waals surface area (Å²) in [4.78, 5) is 0.205. The maximum absolute atomic E-state index is 11.9. The first kappa shape index (κ1) is 14.8. The molecule has 0 heterocycles. The SMILES string of the molecule is CC(Cl)CC(C)NS(=O)(=O)c1ccc(Cl)cc1. The van der Waals surface area contributed by atoms with Crippen molar-refractivity contribution in [3.63, 3.8) is 0 Å². The zero-order valence-corrected chi connectivity index (χ0v) is 12.0. The second-order valence-electron chi connectivity index (χ2n) is 3.99. The summed E-state index contributed by atoms with van der Waals surface area (Å²) in [6.45, 7) is 3.61. The van der Waals surface area contributed by atoms with E-state index >= 15 is 0 Å². The van der Waals surface area contributed by atoms with Gasteiger partial charge < -0.3 is 0 Å². The van der Waals surface area contributed by atoms with Crippen molar-refractivity contribution < 1.29 is 8.42 Å². The summed E-state index contributed by atoms with van der Waals surface area (Å²) >= 11 is 11.5. The Balaban J connectivity index is 2.78. The van der Waals surface area contributed by atoms with Gasteiger partial charge in [0.2, 0.25) is 10.0 Å².